The minimum atomic E-state index is -1.09. The number of aliphatic hydroxyl groups excluding tert-OH is 2. The van der Waals surface area contributed by atoms with Crippen LogP contribution >= 0.6 is 0 Å². The molecule has 186 valence electrons. The summed E-state index contributed by atoms with van der Waals surface area (Å²) in [5.41, 5.74) is 0. The molecule has 3 N–H and O–H groups in total. The molecule has 0 heterocycles. The van der Waals surface area contributed by atoms with Crippen LogP contribution in [0.5, 0.6) is 0 Å². The van der Waals surface area contributed by atoms with E-state index in [1.165, 1.54) is 94.8 Å². The quantitative estimate of drug-likeness (QED) is 0.181. The minimum Gasteiger partial charge on any atom is -0.480 e. The summed E-state index contributed by atoms with van der Waals surface area (Å²) in [6.45, 7) is 2.78. The van der Waals surface area contributed by atoms with Crippen molar-refractivity contribution in [2.45, 2.75) is 122 Å². The summed E-state index contributed by atoms with van der Waals surface area (Å²) in [6.07, 6.45) is 20.6. The molecule has 6 heteroatoms. The van der Waals surface area contributed by atoms with Crippen molar-refractivity contribution in [2.24, 2.45) is 0 Å². The van der Waals surface area contributed by atoms with Crippen LogP contribution in [-0.2, 0) is 9.53 Å². The number of carboxylic acids is 1. The first-order chi connectivity index (χ1) is 15.0. The van der Waals surface area contributed by atoms with Gasteiger partial charge in [-0.25, -0.2) is 0 Å². The van der Waals surface area contributed by atoms with Gasteiger partial charge in [0, 0.05) is 13.2 Å². The predicted octanol–water partition coefficient (Wildman–Crippen LogP) is 5.00. The van der Waals surface area contributed by atoms with Gasteiger partial charge in [0.15, 0.2) is 0 Å². The average molecular weight is 446 g/mol. The summed E-state index contributed by atoms with van der Waals surface area (Å²) in [5, 5.41) is 28.0. The molecule has 0 aromatic carbocycles. The van der Waals surface area contributed by atoms with Crippen LogP contribution in [0, 0.1) is 0 Å². The van der Waals surface area contributed by atoms with Crippen LogP contribution in [-0.4, -0.2) is 71.7 Å². The second kappa shape index (κ2) is 22.5. The number of carboxylic acid groups (broad SMARTS) is 1. The van der Waals surface area contributed by atoms with Crippen LogP contribution in [0.4, 0.5) is 0 Å². The fourth-order valence-electron chi connectivity index (χ4n) is 3.89. The molecule has 2 unspecified atom stereocenters. The molecular weight excluding hydrogens is 394 g/mol. The van der Waals surface area contributed by atoms with E-state index in [2.05, 4.69) is 6.92 Å². The van der Waals surface area contributed by atoms with Gasteiger partial charge in [-0.1, -0.05) is 103 Å². The highest BCUT2D eigenvalue weighted by atomic mass is 16.5. The molecule has 0 fully saturated rings. The number of ether oxygens (including phenoxy) is 1. The second-order valence-electron chi connectivity index (χ2n) is 9.01. The summed E-state index contributed by atoms with van der Waals surface area (Å²) >= 11 is 0. The highest BCUT2D eigenvalue weighted by Crippen LogP contribution is 2.13. The topological polar surface area (TPSA) is 90.2 Å². The highest BCUT2D eigenvalue weighted by Gasteiger charge is 2.23. The Morgan fingerprint density at radius 2 is 1.23 bits per heavy atom. The van der Waals surface area contributed by atoms with E-state index in [1.54, 1.807) is 7.05 Å². The Kier molecular flexibility index (Phi) is 22.0. The van der Waals surface area contributed by atoms with Crippen molar-refractivity contribution >= 4 is 5.97 Å². The van der Waals surface area contributed by atoms with Crippen LogP contribution in [0.1, 0.15) is 110 Å². The van der Waals surface area contributed by atoms with Gasteiger partial charge in [-0.05, 0) is 13.5 Å². The molecular formula is C25H51NO5. The highest BCUT2D eigenvalue weighted by molar-refractivity contribution is 5.73. The van der Waals surface area contributed by atoms with Gasteiger partial charge in [0.05, 0.1) is 19.3 Å². The van der Waals surface area contributed by atoms with Gasteiger partial charge in [0.25, 0.3) is 0 Å². The molecule has 6 nitrogen and oxygen atoms in total. The SMILES string of the molecule is CCCCCCCCCCCCCCCCCCOCC(O)CN(C)C(CO)C(=O)O. The van der Waals surface area contributed by atoms with Crippen molar-refractivity contribution < 1.29 is 24.9 Å². The molecule has 0 amide bonds. The smallest absolute Gasteiger partial charge is 0.323 e. The predicted molar refractivity (Wildman–Crippen MR) is 128 cm³/mol. The largest absolute Gasteiger partial charge is 0.480 e. The van der Waals surface area contributed by atoms with Crippen LogP contribution in [0.15, 0.2) is 0 Å². The van der Waals surface area contributed by atoms with E-state index in [-0.39, 0.29) is 13.2 Å². The van der Waals surface area contributed by atoms with Crippen molar-refractivity contribution in [1.29, 1.82) is 0 Å². The molecule has 0 spiro atoms. The standard InChI is InChI=1S/C25H51NO5/c1-3-4-5-6-7-8-9-10-11-12-13-14-15-16-17-18-19-31-22-23(28)20-26(2)24(21-27)25(29)30/h23-24,27-28H,3-22H2,1-2H3,(H,29,30). The lowest BCUT2D eigenvalue weighted by Crippen LogP contribution is -2.45. The molecule has 2 atom stereocenters. The van der Waals surface area contributed by atoms with E-state index in [0.717, 1.165) is 12.8 Å². The van der Waals surface area contributed by atoms with Crippen molar-refractivity contribution in [3.8, 4) is 0 Å². The number of hydrogen-bond donors (Lipinski definition) is 3. The van der Waals surface area contributed by atoms with Gasteiger partial charge in [0.1, 0.15) is 6.04 Å². The van der Waals surface area contributed by atoms with Crippen molar-refractivity contribution in [3.05, 3.63) is 0 Å². The molecule has 0 aliphatic heterocycles. The van der Waals surface area contributed by atoms with Crippen molar-refractivity contribution in [3.63, 3.8) is 0 Å². The number of hydrogen-bond acceptors (Lipinski definition) is 5. The van der Waals surface area contributed by atoms with Gasteiger partial charge in [-0.15, -0.1) is 0 Å². The third-order valence-electron chi connectivity index (χ3n) is 5.94. The van der Waals surface area contributed by atoms with Crippen LogP contribution in [0.2, 0.25) is 0 Å². The summed E-state index contributed by atoms with van der Waals surface area (Å²) in [4.78, 5) is 12.4. The number of likely N-dealkylation sites (N-methyl/N-ethyl adjacent to an activating group) is 1. The molecule has 0 aliphatic rings. The molecule has 0 radical (unpaired) electrons. The Hall–Kier alpha value is -0.690. The zero-order chi connectivity index (χ0) is 23.2. The lowest BCUT2D eigenvalue weighted by Gasteiger charge is -2.25. The van der Waals surface area contributed by atoms with E-state index in [4.69, 9.17) is 14.9 Å². The molecule has 0 aromatic rings. The fourth-order valence-corrected chi connectivity index (χ4v) is 3.89. The average Bonchev–Trinajstić information content (AvgIpc) is 2.73. The molecule has 0 aliphatic carbocycles. The third-order valence-corrected chi connectivity index (χ3v) is 5.94. The molecule has 0 saturated carbocycles. The molecule has 0 saturated heterocycles. The third kappa shape index (κ3) is 19.7. The molecule has 0 rings (SSSR count). The maximum atomic E-state index is 11.0. The Bertz CT molecular complexity index is 394. The van der Waals surface area contributed by atoms with Crippen LogP contribution in [0.3, 0.4) is 0 Å². The maximum absolute atomic E-state index is 11.0. The van der Waals surface area contributed by atoms with Gasteiger partial charge < -0.3 is 20.1 Å². The first-order valence-electron chi connectivity index (χ1n) is 12.8. The number of aliphatic hydroxyl groups is 2. The van der Waals surface area contributed by atoms with Crippen molar-refractivity contribution in [1.82, 2.24) is 4.90 Å². The van der Waals surface area contributed by atoms with Crippen molar-refractivity contribution in [2.75, 3.05) is 33.4 Å². The van der Waals surface area contributed by atoms with Crippen LogP contribution < -0.4 is 0 Å². The summed E-state index contributed by atoms with van der Waals surface area (Å²) in [6, 6.07) is -0.991. The summed E-state index contributed by atoms with van der Waals surface area (Å²) in [7, 11) is 1.58. The summed E-state index contributed by atoms with van der Waals surface area (Å²) in [5.74, 6) is -1.09. The Morgan fingerprint density at radius 3 is 1.61 bits per heavy atom. The Morgan fingerprint density at radius 1 is 0.806 bits per heavy atom. The lowest BCUT2D eigenvalue weighted by molar-refractivity contribution is -0.144. The Balaban J connectivity index is 3.32. The van der Waals surface area contributed by atoms with E-state index in [0.29, 0.717) is 6.61 Å². The van der Waals surface area contributed by atoms with E-state index in [9.17, 15) is 9.90 Å². The first-order valence-corrected chi connectivity index (χ1v) is 12.8. The lowest BCUT2D eigenvalue weighted by atomic mass is 10.0. The first kappa shape index (κ1) is 30.3. The van der Waals surface area contributed by atoms with Gasteiger partial charge in [-0.2, -0.15) is 0 Å². The normalized spacial score (nSPS) is 13.6. The Labute approximate surface area is 191 Å². The number of unbranched alkanes of at least 4 members (excludes halogenated alkanes) is 15. The van der Waals surface area contributed by atoms with E-state index in [1.807, 2.05) is 0 Å². The zero-order valence-electron chi connectivity index (χ0n) is 20.4. The molecule has 0 aromatic heterocycles. The zero-order valence-corrected chi connectivity index (χ0v) is 20.4. The van der Waals surface area contributed by atoms with E-state index < -0.39 is 24.7 Å². The summed E-state index contributed by atoms with van der Waals surface area (Å²) < 4.78 is 5.50. The van der Waals surface area contributed by atoms with Crippen LogP contribution in [0.25, 0.3) is 0 Å². The minimum absolute atomic E-state index is 0.163. The number of aliphatic carboxylic acids is 1. The van der Waals surface area contributed by atoms with Gasteiger partial charge in [-0.3, -0.25) is 9.69 Å². The maximum Gasteiger partial charge on any atom is 0.323 e. The van der Waals surface area contributed by atoms with E-state index >= 15 is 0 Å². The number of carbonyl (C=O) groups is 1. The second-order valence-corrected chi connectivity index (χ2v) is 9.01. The van der Waals surface area contributed by atoms with Gasteiger partial charge in [0.2, 0.25) is 0 Å². The molecule has 0 bridgehead atoms. The fraction of sp³-hybridized carbons (Fsp3) is 0.960. The van der Waals surface area contributed by atoms with Gasteiger partial charge >= 0.3 is 5.97 Å². The molecule has 31 heavy (non-hydrogen) atoms. The number of nitrogens with zero attached hydrogens (tertiary/aromatic N) is 1. The monoisotopic (exact) mass is 445 g/mol. The number of rotatable bonds is 24.